The standard InChI is InChI=1S/C13H18N6O/c14-10-1-2-11(12(15)7-10)13-16-17-18-19(13)5-3-9-4-6-20-8-9/h1-2,7,9H,3-6,8,14-15H2. The number of tetrazole rings is 1. The smallest absolute Gasteiger partial charge is 0.184 e. The second kappa shape index (κ2) is 5.46. The highest BCUT2D eigenvalue weighted by atomic mass is 16.5. The normalized spacial score (nSPS) is 18.5. The summed E-state index contributed by atoms with van der Waals surface area (Å²) in [5.74, 6) is 1.28. The zero-order valence-electron chi connectivity index (χ0n) is 11.2. The molecule has 0 spiro atoms. The van der Waals surface area contributed by atoms with Crippen molar-refractivity contribution in [3.05, 3.63) is 18.2 Å². The molecule has 1 atom stereocenters. The van der Waals surface area contributed by atoms with Gasteiger partial charge in [-0.25, -0.2) is 4.68 Å². The molecular weight excluding hydrogens is 256 g/mol. The topological polar surface area (TPSA) is 105 Å². The third-order valence-corrected chi connectivity index (χ3v) is 3.62. The number of anilines is 2. The third-order valence-electron chi connectivity index (χ3n) is 3.62. The number of aryl methyl sites for hydroxylation is 1. The maximum Gasteiger partial charge on any atom is 0.184 e. The minimum absolute atomic E-state index is 0.588. The molecule has 0 radical (unpaired) electrons. The van der Waals surface area contributed by atoms with Gasteiger partial charge in [-0.3, -0.25) is 0 Å². The summed E-state index contributed by atoms with van der Waals surface area (Å²) >= 11 is 0. The SMILES string of the molecule is Nc1ccc(-c2nnnn2CCC2CCOC2)c(N)c1. The Morgan fingerprint density at radius 3 is 3.00 bits per heavy atom. The number of aromatic nitrogens is 4. The zero-order chi connectivity index (χ0) is 13.9. The van der Waals surface area contributed by atoms with E-state index in [1.54, 1.807) is 16.8 Å². The predicted octanol–water partition coefficient (Wildman–Crippen LogP) is 0.931. The molecule has 2 heterocycles. The molecule has 0 saturated carbocycles. The van der Waals surface area contributed by atoms with E-state index in [-0.39, 0.29) is 0 Å². The molecule has 1 fully saturated rings. The van der Waals surface area contributed by atoms with Crippen molar-refractivity contribution >= 4 is 11.4 Å². The van der Waals surface area contributed by atoms with Gasteiger partial charge >= 0.3 is 0 Å². The quantitative estimate of drug-likeness (QED) is 0.804. The third kappa shape index (κ3) is 2.57. The Kier molecular flexibility index (Phi) is 3.51. The molecule has 7 heteroatoms. The van der Waals surface area contributed by atoms with Crippen LogP contribution in [0.1, 0.15) is 12.8 Å². The molecule has 20 heavy (non-hydrogen) atoms. The highest BCUT2D eigenvalue weighted by Gasteiger charge is 2.17. The minimum atomic E-state index is 0.588. The van der Waals surface area contributed by atoms with Gasteiger partial charge in [0.1, 0.15) is 0 Å². The highest BCUT2D eigenvalue weighted by Crippen LogP contribution is 2.26. The first-order chi connectivity index (χ1) is 9.74. The van der Waals surface area contributed by atoms with Crippen LogP contribution in [0.15, 0.2) is 18.2 Å². The number of benzene rings is 1. The number of hydrogen-bond acceptors (Lipinski definition) is 6. The molecule has 1 saturated heterocycles. The Hall–Kier alpha value is -2.15. The molecule has 1 aliphatic rings. The van der Waals surface area contributed by atoms with Crippen molar-refractivity contribution in [3.8, 4) is 11.4 Å². The zero-order valence-corrected chi connectivity index (χ0v) is 11.2. The van der Waals surface area contributed by atoms with E-state index in [0.29, 0.717) is 23.1 Å². The number of nitrogens with zero attached hydrogens (tertiary/aromatic N) is 4. The fraction of sp³-hybridized carbons (Fsp3) is 0.462. The summed E-state index contributed by atoms with van der Waals surface area (Å²) in [6.45, 7) is 2.46. The van der Waals surface area contributed by atoms with Crippen LogP contribution in [-0.2, 0) is 11.3 Å². The van der Waals surface area contributed by atoms with Gasteiger partial charge in [0.15, 0.2) is 5.82 Å². The summed E-state index contributed by atoms with van der Waals surface area (Å²) < 4.78 is 7.17. The summed E-state index contributed by atoms with van der Waals surface area (Å²) in [7, 11) is 0. The number of hydrogen-bond donors (Lipinski definition) is 2. The lowest BCUT2D eigenvalue weighted by atomic mass is 10.1. The van der Waals surface area contributed by atoms with Gasteiger partial charge in [0.2, 0.25) is 0 Å². The van der Waals surface area contributed by atoms with E-state index in [0.717, 1.165) is 38.2 Å². The van der Waals surface area contributed by atoms with Gasteiger partial charge in [0, 0.05) is 36.7 Å². The van der Waals surface area contributed by atoms with E-state index in [2.05, 4.69) is 15.5 Å². The van der Waals surface area contributed by atoms with Crippen LogP contribution >= 0.6 is 0 Å². The molecule has 2 aromatic rings. The summed E-state index contributed by atoms with van der Waals surface area (Å²) in [6, 6.07) is 5.38. The number of rotatable bonds is 4. The van der Waals surface area contributed by atoms with Gasteiger partial charge in [0.25, 0.3) is 0 Å². The average molecular weight is 274 g/mol. The van der Waals surface area contributed by atoms with Gasteiger partial charge in [-0.15, -0.1) is 5.10 Å². The van der Waals surface area contributed by atoms with Gasteiger partial charge in [0.05, 0.1) is 0 Å². The molecule has 1 unspecified atom stereocenters. The molecular formula is C13H18N6O. The van der Waals surface area contributed by atoms with Crippen LogP contribution in [0.5, 0.6) is 0 Å². The van der Waals surface area contributed by atoms with E-state index >= 15 is 0 Å². The second-order valence-electron chi connectivity index (χ2n) is 5.09. The first-order valence-electron chi connectivity index (χ1n) is 6.73. The Labute approximate surface area is 116 Å². The van der Waals surface area contributed by atoms with Crippen molar-refractivity contribution < 1.29 is 4.74 Å². The Morgan fingerprint density at radius 1 is 1.35 bits per heavy atom. The summed E-state index contributed by atoms with van der Waals surface area (Å²) in [4.78, 5) is 0. The van der Waals surface area contributed by atoms with Crippen molar-refractivity contribution in [1.29, 1.82) is 0 Å². The minimum Gasteiger partial charge on any atom is -0.399 e. The molecule has 0 aliphatic carbocycles. The number of nitrogens with two attached hydrogens (primary N) is 2. The first kappa shape index (κ1) is 12.9. The monoisotopic (exact) mass is 274 g/mol. The summed E-state index contributed by atoms with van der Waals surface area (Å²) in [6.07, 6.45) is 2.12. The van der Waals surface area contributed by atoms with Gasteiger partial charge in [-0.05, 0) is 47.4 Å². The van der Waals surface area contributed by atoms with Gasteiger partial charge in [-0.1, -0.05) is 0 Å². The predicted molar refractivity (Wildman–Crippen MR) is 75.6 cm³/mol. The van der Waals surface area contributed by atoms with Crippen LogP contribution in [0.4, 0.5) is 11.4 Å². The Morgan fingerprint density at radius 2 is 2.25 bits per heavy atom. The summed E-state index contributed by atoms with van der Waals surface area (Å²) in [5.41, 5.74) is 13.7. The lowest BCUT2D eigenvalue weighted by Crippen LogP contribution is -2.09. The van der Waals surface area contributed by atoms with Crippen molar-refractivity contribution in [2.45, 2.75) is 19.4 Å². The van der Waals surface area contributed by atoms with Crippen LogP contribution in [0.3, 0.4) is 0 Å². The van der Waals surface area contributed by atoms with Crippen molar-refractivity contribution in [2.75, 3.05) is 24.7 Å². The fourth-order valence-corrected chi connectivity index (χ4v) is 2.45. The molecule has 3 rings (SSSR count). The van der Waals surface area contributed by atoms with E-state index in [9.17, 15) is 0 Å². The largest absolute Gasteiger partial charge is 0.399 e. The van der Waals surface area contributed by atoms with Crippen LogP contribution in [0, 0.1) is 5.92 Å². The Balaban J connectivity index is 1.78. The second-order valence-corrected chi connectivity index (χ2v) is 5.09. The fourth-order valence-electron chi connectivity index (χ4n) is 2.45. The van der Waals surface area contributed by atoms with Gasteiger partial charge < -0.3 is 16.2 Å². The summed E-state index contributed by atoms with van der Waals surface area (Å²) in [5, 5.41) is 11.9. The average Bonchev–Trinajstić information content (AvgIpc) is 3.07. The Bertz CT molecular complexity index is 590. The van der Waals surface area contributed by atoms with Crippen LogP contribution in [-0.4, -0.2) is 33.4 Å². The van der Waals surface area contributed by atoms with Crippen molar-refractivity contribution in [2.24, 2.45) is 5.92 Å². The lowest BCUT2D eigenvalue weighted by molar-refractivity contribution is 0.183. The van der Waals surface area contributed by atoms with E-state index in [1.165, 1.54) is 0 Å². The molecule has 0 amide bonds. The molecule has 106 valence electrons. The first-order valence-corrected chi connectivity index (χ1v) is 6.73. The van der Waals surface area contributed by atoms with E-state index < -0.39 is 0 Å². The van der Waals surface area contributed by atoms with E-state index in [4.69, 9.17) is 16.2 Å². The number of ether oxygens (including phenoxy) is 1. The van der Waals surface area contributed by atoms with Crippen LogP contribution in [0.25, 0.3) is 11.4 Å². The van der Waals surface area contributed by atoms with Crippen molar-refractivity contribution in [3.63, 3.8) is 0 Å². The van der Waals surface area contributed by atoms with Crippen LogP contribution in [0.2, 0.25) is 0 Å². The molecule has 4 N–H and O–H groups in total. The molecule has 0 bridgehead atoms. The van der Waals surface area contributed by atoms with Gasteiger partial charge in [-0.2, -0.15) is 0 Å². The molecule has 1 aliphatic heterocycles. The molecule has 1 aromatic heterocycles. The van der Waals surface area contributed by atoms with Crippen LogP contribution < -0.4 is 11.5 Å². The lowest BCUT2D eigenvalue weighted by Gasteiger charge is -2.10. The number of nitrogen functional groups attached to an aromatic ring is 2. The maximum atomic E-state index is 5.99. The van der Waals surface area contributed by atoms with E-state index in [1.807, 2.05) is 6.07 Å². The maximum absolute atomic E-state index is 5.99. The molecule has 7 nitrogen and oxygen atoms in total. The van der Waals surface area contributed by atoms with Crippen molar-refractivity contribution in [1.82, 2.24) is 20.2 Å². The highest BCUT2D eigenvalue weighted by molar-refractivity contribution is 5.74. The molecule has 1 aromatic carbocycles.